The maximum atomic E-state index is 13.5. The van der Waals surface area contributed by atoms with Crippen molar-refractivity contribution in [2.45, 2.75) is 62.7 Å². The smallest absolute Gasteiger partial charge is 0.327 e. The van der Waals surface area contributed by atoms with E-state index in [0.29, 0.717) is 25.8 Å². The Kier molecular flexibility index (Phi) is 10.8. The summed E-state index contributed by atoms with van der Waals surface area (Å²) in [5.74, 6) is -2.74. The number of carboxylic acids is 1. The van der Waals surface area contributed by atoms with Crippen molar-refractivity contribution in [2.24, 2.45) is 5.73 Å². The van der Waals surface area contributed by atoms with Crippen LogP contribution in [0, 0.1) is 0 Å². The van der Waals surface area contributed by atoms with Crippen LogP contribution >= 0.6 is 12.6 Å². The Labute approximate surface area is 221 Å². The maximum absolute atomic E-state index is 13.5. The third kappa shape index (κ3) is 7.94. The standard InChI is InChI=1S/C25H36N6O5S/c26-10-4-3-8-19(23(33)31-21(14-37)25(35)36)29-24(34)20(30-22(32)18-9-5-11-27-18)12-15-13-28-17-7-2-1-6-16(15)17/h1-2,6-7,13,18-21,27-28,37H,3-5,8-12,14,26H2,(H,29,34)(H,30,32)(H,31,33)(H,35,36). The minimum Gasteiger partial charge on any atom is -0.480 e. The summed E-state index contributed by atoms with van der Waals surface area (Å²) in [7, 11) is 0. The van der Waals surface area contributed by atoms with Crippen molar-refractivity contribution in [1.82, 2.24) is 26.3 Å². The molecule has 3 amide bonds. The Bertz CT molecular complexity index is 1090. The molecule has 1 aliphatic rings. The van der Waals surface area contributed by atoms with Gasteiger partial charge in [-0.2, -0.15) is 12.6 Å². The first-order valence-electron chi connectivity index (χ1n) is 12.6. The number of rotatable bonds is 14. The van der Waals surface area contributed by atoms with Crippen LogP contribution in [0.25, 0.3) is 10.9 Å². The second-order valence-corrected chi connectivity index (χ2v) is 9.57. The topological polar surface area (TPSA) is 178 Å². The number of nitrogens with two attached hydrogens (primary N) is 1. The summed E-state index contributed by atoms with van der Waals surface area (Å²) in [6.07, 6.45) is 5.02. The van der Waals surface area contributed by atoms with Crippen LogP contribution in [0.5, 0.6) is 0 Å². The van der Waals surface area contributed by atoms with Crippen molar-refractivity contribution >= 4 is 47.2 Å². The first-order chi connectivity index (χ1) is 17.8. The largest absolute Gasteiger partial charge is 0.480 e. The minimum absolute atomic E-state index is 0.0990. The lowest BCUT2D eigenvalue weighted by Gasteiger charge is -2.25. The molecule has 8 N–H and O–H groups in total. The molecule has 202 valence electrons. The first kappa shape index (κ1) is 28.5. The zero-order valence-corrected chi connectivity index (χ0v) is 21.6. The summed E-state index contributed by atoms with van der Waals surface area (Å²) in [4.78, 5) is 53.9. The number of benzene rings is 1. The highest BCUT2D eigenvalue weighted by Crippen LogP contribution is 2.19. The molecule has 37 heavy (non-hydrogen) atoms. The normalized spacial score (nSPS) is 17.6. The molecule has 2 aromatic rings. The third-order valence-electron chi connectivity index (χ3n) is 6.49. The third-order valence-corrected chi connectivity index (χ3v) is 6.85. The van der Waals surface area contributed by atoms with Gasteiger partial charge in [-0.25, -0.2) is 4.79 Å². The molecule has 1 aromatic heterocycles. The number of aromatic nitrogens is 1. The number of amides is 3. The Morgan fingerprint density at radius 1 is 1.05 bits per heavy atom. The average Bonchev–Trinajstić information content (AvgIpc) is 3.57. The summed E-state index contributed by atoms with van der Waals surface area (Å²) < 4.78 is 0. The summed E-state index contributed by atoms with van der Waals surface area (Å²) in [6.45, 7) is 1.15. The summed E-state index contributed by atoms with van der Waals surface area (Å²) >= 11 is 3.99. The van der Waals surface area contributed by atoms with E-state index in [9.17, 15) is 24.3 Å². The maximum Gasteiger partial charge on any atom is 0.327 e. The molecule has 0 radical (unpaired) electrons. The highest BCUT2D eigenvalue weighted by molar-refractivity contribution is 7.80. The van der Waals surface area contributed by atoms with Gasteiger partial charge in [0.2, 0.25) is 17.7 Å². The van der Waals surface area contributed by atoms with Gasteiger partial charge in [-0.3, -0.25) is 14.4 Å². The van der Waals surface area contributed by atoms with Crippen LogP contribution in [0.1, 0.15) is 37.7 Å². The lowest BCUT2D eigenvalue weighted by molar-refractivity contribution is -0.141. The molecular weight excluding hydrogens is 496 g/mol. The number of unbranched alkanes of at least 4 members (excludes halogenated alkanes) is 1. The highest BCUT2D eigenvalue weighted by atomic mass is 32.1. The number of carbonyl (C=O) groups is 4. The van der Waals surface area contributed by atoms with Crippen LogP contribution in [0.2, 0.25) is 0 Å². The minimum atomic E-state index is -1.22. The fourth-order valence-corrected chi connectivity index (χ4v) is 4.65. The molecule has 12 heteroatoms. The van der Waals surface area contributed by atoms with Crippen molar-refractivity contribution in [3.63, 3.8) is 0 Å². The number of aliphatic carboxylic acids is 1. The predicted molar refractivity (Wildman–Crippen MR) is 143 cm³/mol. The number of hydrogen-bond acceptors (Lipinski definition) is 7. The van der Waals surface area contributed by atoms with Crippen molar-refractivity contribution in [3.05, 3.63) is 36.0 Å². The molecule has 1 aromatic carbocycles. The number of carboxylic acid groups (broad SMARTS) is 1. The van der Waals surface area contributed by atoms with Crippen molar-refractivity contribution in [1.29, 1.82) is 0 Å². The Morgan fingerprint density at radius 3 is 2.46 bits per heavy atom. The summed E-state index contributed by atoms with van der Waals surface area (Å²) in [5.41, 5.74) is 7.34. The second-order valence-electron chi connectivity index (χ2n) is 9.20. The van der Waals surface area contributed by atoms with E-state index in [1.165, 1.54) is 0 Å². The van der Waals surface area contributed by atoms with Crippen molar-refractivity contribution < 1.29 is 24.3 Å². The van der Waals surface area contributed by atoms with Crippen LogP contribution in [0.3, 0.4) is 0 Å². The van der Waals surface area contributed by atoms with E-state index in [1.807, 2.05) is 24.3 Å². The van der Waals surface area contributed by atoms with Crippen LogP contribution in [-0.4, -0.2) is 76.8 Å². The second kappa shape index (κ2) is 14.0. The van der Waals surface area contributed by atoms with Gasteiger partial charge in [0.15, 0.2) is 0 Å². The summed E-state index contributed by atoms with van der Waals surface area (Å²) in [5, 5.41) is 21.4. The molecule has 11 nitrogen and oxygen atoms in total. The van der Waals surface area contributed by atoms with E-state index in [-0.39, 0.29) is 30.5 Å². The van der Waals surface area contributed by atoms with Gasteiger partial charge in [0.1, 0.15) is 18.1 Å². The zero-order chi connectivity index (χ0) is 26.8. The van der Waals surface area contributed by atoms with Gasteiger partial charge in [0.05, 0.1) is 6.04 Å². The van der Waals surface area contributed by atoms with Gasteiger partial charge in [0, 0.05) is 29.3 Å². The molecule has 0 bridgehead atoms. The number of thiol groups is 1. The number of nitrogens with one attached hydrogen (secondary N) is 5. The Morgan fingerprint density at radius 2 is 1.78 bits per heavy atom. The quantitative estimate of drug-likeness (QED) is 0.125. The molecule has 4 atom stereocenters. The zero-order valence-electron chi connectivity index (χ0n) is 20.7. The molecule has 2 heterocycles. The Balaban J connectivity index is 1.79. The predicted octanol–water partition coefficient (Wildman–Crippen LogP) is 0.0602. The van der Waals surface area contributed by atoms with Crippen LogP contribution in [-0.2, 0) is 25.6 Å². The van der Waals surface area contributed by atoms with E-state index < -0.39 is 35.9 Å². The van der Waals surface area contributed by atoms with Crippen LogP contribution in [0.4, 0.5) is 0 Å². The van der Waals surface area contributed by atoms with E-state index in [0.717, 1.165) is 29.4 Å². The molecule has 1 saturated heterocycles. The molecule has 0 saturated carbocycles. The monoisotopic (exact) mass is 532 g/mol. The van der Waals surface area contributed by atoms with E-state index >= 15 is 0 Å². The lowest BCUT2D eigenvalue weighted by atomic mass is 10.0. The molecular formula is C25H36N6O5S. The van der Waals surface area contributed by atoms with Gasteiger partial charge in [-0.05, 0) is 56.8 Å². The van der Waals surface area contributed by atoms with Gasteiger partial charge in [-0.1, -0.05) is 18.2 Å². The van der Waals surface area contributed by atoms with Crippen LogP contribution in [0.15, 0.2) is 30.5 Å². The number of para-hydroxylation sites is 1. The Hall–Kier alpha value is -3.09. The van der Waals surface area contributed by atoms with E-state index in [1.54, 1.807) is 6.20 Å². The molecule has 4 unspecified atom stereocenters. The molecule has 1 aliphatic heterocycles. The van der Waals surface area contributed by atoms with E-state index in [2.05, 4.69) is 38.9 Å². The van der Waals surface area contributed by atoms with Crippen molar-refractivity contribution in [3.8, 4) is 0 Å². The first-order valence-corrected chi connectivity index (χ1v) is 13.2. The highest BCUT2D eigenvalue weighted by Gasteiger charge is 2.31. The number of fused-ring (bicyclic) bond motifs is 1. The molecule has 3 rings (SSSR count). The van der Waals surface area contributed by atoms with Crippen molar-refractivity contribution in [2.75, 3.05) is 18.8 Å². The fraction of sp³-hybridized carbons (Fsp3) is 0.520. The number of hydrogen-bond donors (Lipinski definition) is 8. The van der Waals surface area contributed by atoms with Gasteiger partial charge < -0.3 is 37.1 Å². The SMILES string of the molecule is NCCCCC(NC(=O)C(Cc1c[nH]c2ccccc12)NC(=O)C1CCCN1)C(=O)NC(CS)C(=O)O. The average molecular weight is 533 g/mol. The van der Waals surface area contributed by atoms with Gasteiger partial charge in [0.25, 0.3) is 0 Å². The van der Waals surface area contributed by atoms with Gasteiger partial charge in [-0.15, -0.1) is 0 Å². The summed E-state index contributed by atoms with van der Waals surface area (Å²) in [6, 6.07) is 4.14. The number of H-pyrrole nitrogens is 1. The van der Waals surface area contributed by atoms with Crippen LogP contribution < -0.4 is 27.0 Å². The molecule has 0 aliphatic carbocycles. The fourth-order valence-electron chi connectivity index (χ4n) is 4.40. The molecule has 1 fully saturated rings. The van der Waals surface area contributed by atoms with Gasteiger partial charge >= 0.3 is 5.97 Å². The number of carbonyl (C=O) groups excluding carboxylic acids is 3. The number of aromatic amines is 1. The van der Waals surface area contributed by atoms with E-state index in [4.69, 9.17) is 5.73 Å². The lowest BCUT2D eigenvalue weighted by Crippen LogP contribution is -2.57. The molecule has 0 spiro atoms.